The van der Waals surface area contributed by atoms with Crippen LogP contribution in [-0.2, 0) is 0 Å². The molecule has 0 saturated carbocycles. The van der Waals surface area contributed by atoms with Crippen LogP contribution in [0.25, 0.3) is 0 Å². The van der Waals surface area contributed by atoms with Crippen LogP contribution in [0, 0.1) is 0 Å². The van der Waals surface area contributed by atoms with E-state index >= 15 is 0 Å². The number of rotatable bonds is 6. The van der Waals surface area contributed by atoms with E-state index in [1.807, 2.05) is 18.2 Å². The van der Waals surface area contributed by atoms with E-state index in [2.05, 4.69) is 77.1 Å². The van der Waals surface area contributed by atoms with Crippen LogP contribution >= 0.6 is 11.6 Å². The molecule has 4 rings (SSSR count). The van der Waals surface area contributed by atoms with Crippen LogP contribution in [0.5, 0.6) is 0 Å². The normalized spacial score (nSPS) is 20.8. The summed E-state index contributed by atoms with van der Waals surface area (Å²) in [5.41, 5.74) is 7.71. The van der Waals surface area contributed by atoms with Gasteiger partial charge in [0.05, 0.1) is 16.3 Å². The van der Waals surface area contributed by atoms with Crippen LogP contribution in [0.4, 0.5) is 23.1 Å². The molecule has 9 nitrogen and oxygen atoms in total. The van der Waals surface area contributed by atoms with Gasteiger partial charge < -0.3 is 26.2 Å². The average Bonchev–Trinajstić information content (AvgIpc) is 2.78. The standard InChI is InChI=1S/C26H39ClN8O/c1-25(2)14-18(15-26(3,4)34(25)6)30-23-19(22(28)36)16-29-24(32-23)31-17-7-8-21(20(27)13-17)35-11-9-33(5)10-12-35/h7-8,13,16,18H,9-12,14-15H2,1-6H3,(H2,28,36)(H2,29,30,31,32). The summed E-state index contributed by atoms with van der Waals surface area (Å²) in [6.07, 6.45) is 3.29. The number of carbonyl (C=O) groups excluding carboxylic acids is 1. The molecule has 0 atom stereocenters. The number of benzene rings is 1. The van der Waals surface area contributed by atoms with Gasteiger partial charge in [-0.1, -0.05) is 11.6 Å². The third-order valence-electron chi connectivity index (χ3n) is 7.75. The number of hydrogen-bond donors (Lipinski definition) is 3. The van der Waals surface area contributed by atoms with E-state index in [0.29, 0.717) is 16.8 Å². The van der Waals surface area contributed by atoms with Gasteiger partial charge in [-0.3, -0.25) is 9.69 Å². The largest absolute Gasteiger partial charge is 0.368 e. The van der Waals surface area contributed by atoms with Crippen molar-refractivity contribution >= 4 is 40.6 Å². The van der Waals surface area contributed by atoms with Gasteiger partial charge in [0.1, 0.15) is 5.82 Å². The lowest BCUT2D eigenvalue weighted by Crippen LogP contribution is -2.61. The fourth-order valence-electron chi connectivity index (χ4n) is 5.42. The molecule has 196 valence electrons. The molecule has 0 aliphatic carbocycles. The van der Waals surface area contributed by atoms with Gasteiger partial charge in [0.15, 0.2) is 0 Å². The maximum absolute atomic E-state index is 12.1. The molecule has 0 bridgehead atoms. The number of likely N-dealkylation sites (tertiary alicyclic amines) is 1. The SMILES string of the molecule is CN1CCN(c2ccc(Nc3ncc(C(N)=O)c(NC4CC(C)(C)N(C)C(C)(C)C4)n3)cc2Cl)CC1. The van der Waals surface area contributed by atoms with Crippen LogP contribution < -0.4 is 21.3 Å². The Balaban J connectivity index is 1.53. The molecule has 36 heavy (non-hydrogen) atoms. The van der Waals surface area contributed by atoms with Gasteiger partial charge >= 0.3 is 0 Å². The smallest absolute Gasteiger partial charge is 0.254 e. The molecule has 1 aromatic heterocycles. The quantitative estimate of drug-likeness (QED) is 0.535. The van der Waals surface area contributed by atoms with Gasteiger partial charge in [-0.25, -0.2) is 4.98 Å². The number of halogens is 1. The first-order valence-corrected chi connectivity index (χ1v) is 12.9. The van der Waals surface area contributed by atoms with E-state index in [4.69, 9.17) is 17.3 Å². The minimum absolute atomic E-state index is 0.0112. The first kappa shape index (κ1) is 26.4. The van der Waals surface area contributed by atoms with Crippen LogP contribution in [0.1, 0.15) is 50.9 Å². The predicted molar refractivity (Wildman–Crippen MR) is 148 cm³/mol. The minimum Gasteiger partial charge on any atom is -0.368 e. The van der Waals surface area contributed by atoms with Crippen molar-refractivity contribution in [1.82, 2.24) is 19.8 Å². The van der Waals surface area contributed by atoms with Gasteiger partial charge in [-0.2, -0.15) is 4.98 Å². The second-order valence-electron chi connectivity index (χ2n) is 11.3. The summed E-state index contributed by atoms with van der Waals surface area (Å²) in [7, 11) is 4.30. The van der Waals surface area contributed by atoms with Gasteiger partial charge in [-0.05, 0) is 72.8 Å². The predicted octanol–water partition coefficient (Wildman–Crippen LogP) is 3.79. The molecule has 0 radical (unpaired) electrons. The number of likely N-dealkylation sites (N-methyl/N-ethyl adjacent to an activating group) is 1. The number of nitrogens with two attached hydrogens (primary N) is 1. The number of anilines is 4. The minimum atomic E-state index is -0.560. The Morgan fingerprint density at radius 3 is 2.31 bits per heavy atom. The number of nitrogens with one attached hydrogen (secondary N) is 2. The van der Waals surface area contributed by atoms with Gasteiger partial charge in [-0.15, -0.1) is 0 Å². The molecule has 3 heterocycles. The summed E-state index contributed by atoms with van der Waals surface area (Å²) in [4.78, 5) is 28.1. The summed E-state index contributed by atoms with van der Waals surface area (Å²) in [6.45, 7) is 12.9. The summed E-state index contributed by atoms with van der Waals surface area (Å²) < 4.78 is 0. The van der Waals surface area contributed by atoms with E-state index in [1.54, 1.807) is 0 Å². The van der Waals surface area contributed by atoms with Crippen molar-refractivity contribution in [2.24, 2.45) is 5.73 Å². The topological polar surface area (TPSA) is 103 Å². The number of hydrogen-bond acceptors (Lipinski definition) is 8. The van der Waals surface area contributed by atoms with Crippen molar-refractivity contribution in [3.63, 3.8) is 0 Å². The van der Waals surface area contributed by atoms with E-state index in [0.717, 1.165) is 50.4 Å². The fourth-order valence-corrected chi connectivity index (χ4v) is 5.72. The third-order valence-corrected chi connectivity index (χ3v) is 8.05. The summed E-state index contributed by atoms with van der Waals surface area (Å²) >= 11 is 6.64. The highest BCUT2D eigenvalue weighted by Gasteiger charge is 2.43. The van der Waals surface area contributed by atoms with Gasteiger partial charge in [0.2, 0.25) is 5.95 Å². The maximum atomic E-state index is 12.1. The van der Waals surface area contributed by atoms with Crippen molar-refractivity contribution in [2.75, 3.05) is 55.8 Å². The molecule has 2 aliphatic heterocycles. The number of carbonyl (C=O) groups is 1. The molecule has 2 saturated heterocycles. The van der Waals surface area contributed by atoms with E-state index in [1.165, 1.54) is 6.20 Å². The lowest BCUT2D eigenvalue weighted by atomic mass is 9.77. The second kappa shape index (κ2) is 10.0. The van der Waals surface area contributed by atoms with Crippen LogP contribution in [0.15, 0.2) is 24.4 Å². The summed E-state index contributed by atoms with van der Waals surface area (Å²) in [6, 6.07) is 6.01. The van der Waals surface area contributed by atoms with E-state index in [9.17, 15) is 4.79 Å². The fraction of sp³-hybridized carbons (Fsp3) is 0.577. The van der Waals surface area contributed by atoms with Crippen LogP contribution in [0.2, 0.25) is 5.02 Å². The molecule has 2 fully saturated rings. The van der Waals surface area contributed by atoms with E-state index < -0.39 is 5.91 Å². The highest BCUT2D eigenvalue weighted by atomic mass is 35.5. The summed E-state index contributed by atoms with van der Waals surface area (Å²) in [5, 5.41) is 7.41. The zero-order valence-electron chi connectivity index (χ0n) is 22.2. The van der Waals surface area contributed by atoms with Crippen molar-refractivity contribution in [3.05, 3.63) is 35.0 Å². The van der Waals surface area contributed by atoms with Crippen LogP contribution in [0.3, 0.4) is 0 Å². The molecule has 2 aromatic rings. The molecular weight excluding hydrogens is 476 g/mol. The van der Waals surface area contributed by atoms with Gasteiger partial charge in [0, 0.05) is 55.2 Å². The van der Waals surface area contributed by atoms with Crippen molar-refractivity contribution in [3.8, 4) is 0 Å². The number of piperazine rings is 1. The zero-order chi connectivity index (χ0) is 26.3. The number of amides is 1. The van der Waals surface area contributed by atoms with Crippen LogP contribution in [-0.4, -0.2) is 83.1 Å². The molecular formula is C26H39ClN8O. The molecule has 0 spiro atoms. The van der Waals surface area contributed by atoms with Crippen molar-refractivity contribution in [1.29, 1.82) is 0 Å². The molecule has 0 unspecified atom stereocenters. The lowest BCUT2D eigenvalue weighted by molar-refractivity contribution is -0.00772. The highest BCUT2D eigenvalue weighted by Crippen LogP contribution is 2.38. The Labute approximate surface area is 219 Å². The van der Waals surface area contributed by atoms with Crippen molar-refractivity contribution < 1.29 is 4.79 Å². The lowest BCUT2D eigenvalue weighted by Gasteiger charge is -2.53. The monoisotopic (exact) mass is 514 g/mol. The molecule has 4 N–H and O–H groups in total. The van der Waals surface area contributed by atoms with Crippen molar-refractivity contribution in [2.45, 2.75) is 57.7 Å². The molecule has 1 aromatic carbocycles. The zero-order valence-corrected chi connectivity index (χ0v) is 23.0. The van der Waals surface area contributed by atoms with E-state index in [-0.39, 0.29) is 22.7 Å². The second-order valence-corrected chi connectivity index (χ2v) is 11.7. The first-order valence-electron chi connectivity index (χ1n) is 12.5. The number of aromatic nitrogens is 2. The Morgan fingerprint density at radius 2 is 1.72 bits per heavy atom. The molecule has 1 amide bonds. The number of piperidine rings is 1. The summed E-state index contributed by atoms with van der Waals surface area (Å²) in [5.74, 6) is 0.258. The number of primary amides is 1. The Morgan fingerprint density at radius 1 is 1.08 bits per heavy atom. The Hall–Kier alpha value is -2.62. The Bertz CT molecular complexity index is 1100. The third kappa shape index (κ3) is 5.68. The molecule has 2 aliphatic rings. The highest BCUT2D eigenvalue weighted by molar-refractivity contribution is 6.33. The Kier molecular flexibility index (Phi) is 7.37. The number of nitrogens with zero attached hydrogens (tertiary/aromatic N) is 5. The first-order chi connectivity index (χ1) is 16.9. The molecule has 10 heteroatoms. The average molecular weight is 515 g/mol. The van der Waals surface area contributed by atoms with Gasteiger partial charge in [0.25, 0.3) is 5.91 Å². The maximum Gasteiger partial charge on any atom is 0.254 e.